The highest BCUT2D eigenvalue weighted by atomic mass is 16.1. The number of para-hydroxylation sites is 1. The first-order chi connectivity index (χ1) is 10.6. The van der Waals surface area contributed by atoms with Crippen molar-refractivity contribution in [2.45, 2.75) is 33.2 Å². The van der Waals surface area contributed by atoms with E-state index in [1.807, 2.05) is 51.1 Å². The Morgan fingerprint density at radius 1 is 1.09 bits per heavy atom. The van der Waals surface area contributed by atoms with Gasteiger partial charge in [-0.3, -0.25) is 14.3 Å². The molecule has 1 aromatic carbocycles. The van der Waals surface area contributed by atoms with E-state index in [9.17, 15) is 4.79 Å². The molecule has 22 heavy (non-hydrogen) atoms. The van der Waals surface area contributed by atoms with Crippen LogP contribution in [0.3, 0.4) is 0 Å². The second kappa shape index (κ2) is 5.72. The van der Waals surface area contributed by atoms with Gasteiger partial charge in [-0.15, -0.1) is 0 Å². The van der Waals surface area contributed by atoms with Crippen LogP contribution in [0.1, 0.15) is 29.8 Å². The molecule has 0 radical (unpaired) electrons. The van der Waals surface area contributed by atoms with Gasteiger partial charge in [0, 0.05) is 24.4 Å². The van der Waals surface area contributed by atoms with Gasteiger partial charge >= 0.3 is 0 Å². The zero-order chi connectivity index (χ0) is 15.7. The van der Waals surface area contributed by atoms with Crippen molar-refractivity contribution in [1.82, 2.24) is 14.5 Å². The minimum Gasteiger partial charge on any atom is -0.295 e. The van der Waals surface area contributed by atoms with Gasteiger partial charge in [0.15, 0.2) is 0 Å². The molecule has 3 aromatic rings. The minimum absolute atomic E-state index is 0.00906. The molecule has 0 fully saturated rings. The molecule has 0 amide bonds. The summed E-state index contributed by atoms with van der Waals surface area (Å²) >= 11 is 0. The van der Waals surface area contributed by atoms with Crippen molar-refractivity contribution >= 4 is 10.9 Å². The van der Waals surface area contributed by atoms with Gasteiger partial charge in [-0.1, -0.05) is 18.2 Å². The molecule has 3 rings (SSSR count). The largest absolute Gasteiger partial charge is 0.295 e. The fourth-order valence-electron chi connectivity index (χ4n) is 2.74. The average Bonchev–Trinajstić information content (AvgIpc) is 2.51. The number of hydrogen-bond acceptors (Lipinski definition) is 3. The lowest BCUT2D eigenvalue weighted by Crippen LogP contribution is -2.25. The lowest BCUT2D eigenvalue weighted by atomic mass is 10.1. The van der Waals surface area contributed by atoms with Crippen molar-refractivity contribution in [1.29, 1.82) is 0 Å². The molecule has 1 atom stereocenters. The molecule has 0 unspecified atom stereocenters. The van der Waals surface area contributed by atoms with E-state index in [4.69, 9.17) is 0 Å². The Bertz CT molecular complexity index is 883. The van der Waals surface area contributed by atoms with E-state index in [1.165, 1.54) is 0 Å². The van der Waals surface area contributed by atoms with Crippen LogP contribution in [0.5, 0.6) is 0 Å². The van der Waals surface area contributed by atoms with Crippen LogP contribution in [0.25, 0.3) is 10.9 Å². The molecular formula is C18H19N3O. The fourth-order valence-corrected chi connectivity index (χ4v) is 2.74. The molecule has 0 bridgehead atoms. The second-order valence-electron chi connectivity index (χ2n) is 5.75. The predicted octanol–water partition coefficient (Wildman–Crippen LogP) is 3.21. The summed E-state index contributed by atoms with van der Waals surface area (Å²) in [6.07, 6.45) is 4.16. The van der Waals surface area contributed by atoms with Gasteiger partial charge in [-0.2, -0.15) is 0 Å². The number of rotatable bonds is 3. The van der Waals surface area contributed by atoms with Crippen molar-refractivity contribution < 1.29 is 0 Å². The number of aryl methyl sites for hydroxylation is 2. The van der Waals surface area contributed by atoms with Gasteiger partial charge < -0.3 is 0 Å². The normalized spacial score (nSPS) is 12.5. The lowest BCUT2D eigenvalue weighted by molar-refractivity contribution is 0.516. The first-order valence-electron chi connectivity index (χ1n) is 7.45. The number of aromatic nitrogens is 3. The van der Waals surface area contributed by atoms with Gasteiger partial charge in [-0.25, -0.2) is 4.98 Å². The molecule has 0 saturated heterocycles. The summed E-state index contributed by atoms with van der Waals surface area (Å²) in [5.41, 5.74) is 3.98. The quantitative estimate of drug-likeness (QED) is 0.745. The third kappa shape index (κ3) is 2.52. The third-order valence-corrected chi connectivity index (χ3v) is 4.10. The Morgan fingerprint density at radius 3 is 2.64 bits per heavy atom. The van der Waals surface area contributed by atoms with Crippen LogP contribution >= 0.6 is 0 Å². The molecule has 2 aromatic heterocycles. The first kappa shape index (κ1) is 14.4. The summed E-state index contributed by atoms with van der Waals surface area (Å²) in [5.74, 6) is 0. The molecule has 2 heterocycles. The lowest BCUT2D eigenvalue weighted by Gasteiger charge is -2.16. The molecule has 112 valence electrons. The van der Waals surface area contributed by atoms with E-state index >= 15 is 0 Å². The van der Waals surface area contributed by atoms with Gasteiger partial charge in [0.1, 0.15) is 0 Å². The van der Waals surface area contributed by atoms with Gasteiger partial charge in [0.2, 0.25) is 0 Å². The van der Waals surface area contributed by atoms with Crippen molar-refractivity contribution in [2.24, 2.45) is 0 Å². The smallest absolute Gasteiger partial charge is 0.261 e. The second-order valence-corrected chi connectivity index (χ2v) is 5.75. The van der Waals surface area contributed by atoms with Crippen LogP contribution in [0.2, 0.25) is 0 Å². The predicted molar refractivity (Wildman–Crippen MR) is 88.1 cm³/mol. The number of pyridine rings is 1. The molecule has 4 heteroatoms. The van der Waals surface area contributed by atoms with E-state index in [1.54, 1.807) is 17.1 Å². The van der Waals surface area contributed by atoms with Gasteiger partial charge in [-0.05, 0) is 44.0 Å². The van der Waals surface area contributed by atoms with Crippen LogP contribution in [-0.4, -0.2) is 14.5 Å². The topological polar surface area (TPSA) is 47.8 Å². The van der Waals surface area contributed by atoms with E-state index < -0.39 is 0 Å². The van der Waals surface area contributed by atoms with Crippen LogP contribution in [0.4, 0.5) is 0 Å². The Labute approximate surface area is 129 Å². The summed E-state index contributed by atoms with van der Waals surface area (Å²) in [5, 5.41) is 0.673. The summed E-state index contributed by atoms with van der Waals surface area (Å²) in [6.45, 7) is 6.04. The SMILES string of the molecule is Cc1cccnc1C[C@@H](C)n1cnc2c(C)cccc2c1=O. The molecule has 0 aliphatic rings. The number of hydrogen-bond donors (Lipinski definition) is 0. The first-order valence-corrected chi connectivity index (χ1v) is 7.45. The summed E-state index contributed by atoms with van der Waals surface area (Å²) in [6, 6.07) is 9.69. The van der Waals surface area contributed by atoms with Crippen LogP contribution in [0.15, 0.2) is 47.7 Å². The van der Waals surface area contributed by atoms with Crippen LogP contribution < -0.4 is 5.56 Å². The zero-order valence-corrected chi connectivity index (χ0v) is 13.1. The highest BCUT2D eigenvalue weighted by Gasteiger charge is 2.13. The summed E-state index contributed by atoms with van der Waals surface area (Å²) in [7, 11) is 0. The molecule has 0 spiro atoms. The number of nitrogens with zero attached hydrogens (tertiary/aromatic N) is 3. The maximum atomic E-state index is 12.7. The zero-order valence-electron chi connectivity index (χ0n) is 13.1. The third-order valence-electron chi connectivity index (χ3n) is 4.10. The molecule has 4 nitrogen and oxygen atoms in total. The maximum absolute atomic E-state index is 12.7. The Morgan fingerprint density at radius 2 is 1.86 bits per heavy atom. The molecule has 0 aliphatic carbocycles. The Hall–Kier alpha value is -2.49. The van der Waals surface area contributed by atoms with Gasteiger partial charge in [0.05, 0.1) is 17.2 Å². The molecular weight excluding hydrogens is 274 g/mol. The van der Waals surface area contributed by atoms with Crippen molar-refractivity contribution in [3.05, 3.63) is 70.0 Å². The molecule has 0 N–H and O–H groups in total. The average molecular weight is 293 g/mol. The van der Waals surface area contributed by atoms with E-state index in [0.29, 0.717) is 11.8 Å². The molecule has 0 saturated carbocycles. The Balaban J connectivity index is 2.02. The summed E-state index contributed by atoms with van der Waals surface area (Å²) in [4.78, 5) is 21.6. The van der Waals surface area contributed by atoms with Crippen molar-refractivity contribution in [2.75, 3.05) is 0 Å². The van der Waals surface area contributed by atoms with Crippen molar-refractivity contribution in [3.63, 3.8) is 0 Å². The van der Waals surface area contributed by atoms with E-state index in [-0.39, 0.29) is 11.6 Å². The van der Waals surface area contributed by atoms with Crippen LogP contribution in [-0.2, 0) is 6.42 Å². The summed E-state index contributed by atoms with van der Waals surface area (Å²) < 4.78 is 1.70. The number of benzene rings is 1. The fraction of sp³-hybridized carbons (Fsp3) is 0.278. The van der Waals surface area contributed by atoms with Crippen molar-refractivity contribution in [3.8, 4) is 0 Å². The maximum Gasteiger partial charge on any atom is 0.261 e. The van der Waals surface area contributed by atoms with Gasteiger partial charge in [0.25, 0.3) is 5.56 Å². The highest BCUT2D eigenvalue weighted by Crippen LogP contribution is 2.16. The van der Waals surface area contributed by atoms with Crippen LogP contribution in [0, 0.1) is 13.8 Å². The number of fused-ring (bicyclic) bond motifs is 1. The minimum atomic E-state index is 0.00906. The molecule has 0 aliphatic heterocycles. The van der Waals surface area contributed by atoms with E-state index in [0.717, 1.165) is 22.3 Å². The monoisotopic (exact) mass is 293 g/mol. The van der Waals surface area contributed by atoms with E-state index in [2.05, 4.69) is 9.97 Å². The standard InChI is InChI=1S/C18H19N3O/c1-12-7-5-9-19-16(12)10-14(3)21-11-20-17-13(2)6-4-8-15(17)18(21)22/h4-9,11,14H,10H2,1-3H3/t14-/m1/s1. The Kier molecular flexibility index (Phi) is 3.75. The highest BCUT2D eigenvalue weighted by molar-refractivity contribution is 5.80.